The molecule has 6 heteroatoms. The van der Waals surface area contributed by atoms with Gasteiger partial charge in [0.1, 0.15) is 0 Å². The lowest BCUT2D eigenvalue weighted by atomic mass is 10.1. The van der Waals surface area contributed by atoms with Crippen LogP contribution in [-0.2, 0) is 4.79 Å². The summed E-state index contributed by atoms with van der Waals surface area (Å²) in [4.78, 5) is 25.8. The summed E-state index contributed by atoms with van der Waals surface area (Å²) in [6.45, 7) is 3.81. The maximum atomic E-state index is 12.0. The van der Waals surface area contributed by atoms with Gasteiger partial charge in [-0.05, 0) is 43.7 Å². The van der Waals surface area contributed by atoms with E-state index in [0.717, 1.165) is 10.4 Å². The lowest BCUT2D eigenvalue weighted by molar-refractivity contribution is -0.121. The molecule has 122 valence electrons. The minimum atomic E-state index is -0.198. The summed E-state index contributed by atoms with van der Waals surface area (Å²) < 4.78 is 0. The van der Waals surface area contributed by atoms with E-state index in [1.165, 1.54) is 11.3 Å². The molecule has 0 aliphatic carbocycles. The van der Waals surface area contributed by atoms with Crippen LogP contribution in [0.1, 0.15) is 45.9 Å². The maximum Gasteiger partial charge on any atom is 0.220 e. The monoisotopic (exact) mass is 369 g/mol. The average molecular weight is 370 g/mol. The van der Waals surface area contributed by atoms with Crippen LogP contribution in [0.5, 0.6) is 0 Å². The van der Waals surface area contributed by atoms with Gasteiger partial charge in [-0.1, -0.05) is 29.3 Å². The number of carbonyl (C=O) groups excluding carboxylic acids is 2. The van der Waals surface area contributed by atoms with Gasteiger partial charge in [0.05, 0.1) is 21.0 Å². The number of carbonyl (C=O) groups is 2. The molecule has 0 fully saturated rings. The third-order valence-electron chi connectivity index (χ3n) is 3.42. The Morgan fingerprint density at radius 3 is 2.48 bits per heavy atom. The molecule has 2 rings (SSSR count). The van der Waals surface area contributed by atoms with Crippen molar-refractivity contribution in [2.24, 2.45) is 0 Å². The van der Waals surface area contributed by atoms with Crippen LogP contribution in [0.2, 0.25) is 10.0 Å². The summed E-state index contributed by atoms with van der Waals surface area (Å²) in [7, 11) is 0. The molecule has 1 aromatic carbocycles. The van der Waals surface area contributed by atoms with E-state index in [9.17, 15) is 9.59 Å². The summed E-state index contributed by atoms with van der Waals surface area (Å²) in [6.07, 6.45) is 0.376. The highest BCUT2D eigenvalue weighted by Crippen LogP contribution is 2.25. The van der Waals surface area contributed by atoms with Crippen LogP contribution in [0.3, 0.4) is 0 Å². The van der Waals surface area contributed by atoms with E-state index >= 15 is 0 Å². The first kappa shape index (κ1) is 18.0. The zero-order chi connectivity index (χ0) is 17.0. The van der Waals surface area contributed by atoms with Gasteiger partial charge in [0.15, 0.2) is 5.78 Å². The number of rotatable bonds is 6. The van der Waals surface area contributed by atoms with E-state index in [0.29, 0.717) is 14.9 Å². The second kappa shape index (κ2) is 7.95. The normalized spacial score (nSPS) is 12.0. The molecule has 1 heterocycles. The smallest absolute Gasteiger partial charge is 0.220 e. The number of hydrogen-bond donors (Lipinski definition) is 1. The Balaban J connectivity index is 1.86. The summed E-state index contributed by atoms with van der Waals surface area (Å²) in [5, 5.41) is 3.80. The molecule has 0 aliphatic heterocycles. The van der Waals surface area contributed by atoms with Crippen LogP contribution < -0.4 is 5.32 Å². The Labute approximate surface area is 149 Å². The predicted molar refractivity (Wildman–Crippen MR) is 95.6 cm³/mol. The van der Waals surface area contributed by atoms with Crippen LogP contribution in [0.15, 0.2) is 30.3 Å². The van der Waals surface area contributed by atoms with Crippen LogP contribution in [0.25, 0.3) is 0 Å². The zero-order valence-corrected chi connectivity index (χ0v) is 15.2. The highest BCUT2D eigenvalue weighted by Gasteiger charge is 2.14. The van der Waals surface area contributed by atoms with Gasteiger partial charge in [-0.25, -0.2) is 0 Å². The molecule has 0 spiro atoms. The van der Waals surface area contributed by atoms with Gasteiger partial charge in [-0.3, -0.25) is 9.59 Å². The van der Waals surface area contributed by atoms with E-state index in [4.69, 9.17) is 23.2 Å². The van der Waals surface area contributed by atoms with Gasteiger partial charge in [0.2, 0.25) is 5.91 Å². The number of halogens is 2. The number of thiophene rings is 1. The molecule has 0 saturated heterocycles. The number of hydrogen-bond acceptors (Lipinski definition) is 3. The average Bonchev–Trinajstić information content (AvgIpc) is 2.94. The molecule has 1 atom stereocenters. The summed E-state index contributed by atoms with van der Waals surface area (Å²) in [5.74, 6) is -0.161. The maximum absolute atomic E-state index is 12.0. The SMILES string of the molecule is Cc1ccc(C(=O)CCC(=O)NC(C)c2ccc(Cl)c(Cl)c2)s1. The number of amides is 1. The minimum Gasteiger partial charge on any atom is -0.350 e. The lowest BCUT2D eigenvalue weighted by Gasteiger charge is -2.15. The van der Waals surface area contributed by atoms with Crippen molar-refractivity contribution in [2.75, 3.05) is 0 Å². The predicted octanol–water partition coefficient (Wildman–Crippen LogP) is 5.20. The van der Waals surface area contributed by atoms with Crippen molar-refractivity contribution in [3.8, 4) is 0 Å². The van der Waals surface area contributed by atoms with E-state index in [1.54, 1.807) is 18.2 Å². The topological polar surface area (TPSA) is 46.2 Å². The first-order chi connectivity index (χ1) is 10.9. The molecule has 23 heavy (non-hydrogen) atoms. The first-order valence-corrected chi connectivity index (χ1v) is 8.78. The molecular weight excluding hydrogens is 353 g/mol. The number of ketones is 1. The van der Waals surface area contributed by atoms with Crippen molar-refractivity contribution >= 4 is 46.2 Å². The van der Waals surface area contributed by atoms with Crippen LogP contribution in [0.4, 0.5) is 0 Å². The van der Waals surface area contributed by atoms with E-state index in [-0.39, 0.29) is 30.6 Å². The third kappa shape index (κ3) is 5.06. The molecule has 0 aliphatic rings. The van der Waals surface area contributed by atoms with Crippen molar-refractivity contribution in [2.45, 2.75) is 32.7 Å². The van der Waals surface area contributed by atoms with E-state index in [2.05, 4.69) is 5.32 Å². The molecule has 3 nitrogen and oxygen atoms in total. The second-order valence-corrected chi connectivity index (χ2v) is 7.40. The highest BCUT2D eigenvalue weighted by atomic mass is 35.5. The molecule has 1 N–H and O–H groups in total. The number of aryl methyl sites for hydroxylation is 1. The fraction of sp³-hybridized carbons (Fsp3) is 0.294. The zero-order valence-electron chi connectivity index (χ0n) is 12.9. The molecule has 0 saturated carbocycles. The Bertz CT molecular complexity index is 727. The molecule has 2 aromatic rings. The van der Waals surface area contributed by atoms with Crippen molar-refractivity contribution in [1.82, 2.24) is 5.32 Å². The van der Waals surface area contributed by atoms with Crippen LogP contribution in [0, 0.1) is 6.92 Å². The van der Waals surface area contributed by atoms with Gasteiger partial charge >= 0.3 is 0 Å². The summed E-state index contributed by atoms with van der Waals surface area (Å²) in [6, 6.07) is 8.76. The fourth-order valence-corrected chi connectivity index (χ4v) is 3.25. The molecule has 0 bridgehead atoms. The summed E-state index contributed by atoms with van der Waals surface area (Å²) in [5.41, 5.74) is 0.868. The standard InChI is InChI=1S/C17H17Cl2NO2S/c1-10-3-7-16(23-10)15(21)6-8-17(22)20-11(2)12-4-5-13(18)14(19)9-12/h3-5,7,9,11H,6,8H2,1-2H3,(H,20,22). The Kier molecular flexibility index (Phi) is 6.22. The van der Waals surface area contributed by atoms with Crippen molar-refractivity contribution in [3.05, 3.63) is 55.7 Å². The first-order valence-electron chi connectivity index (χ1n) is 7.20. The largest absolute Gasteiger partial charge is 0.350 e. The Morgan fingerprint density at radius 2 is 1.87 bits per heavy atom. The van der Waals surface area contributed by atoms with Crippen LogP contribution in [-0.4, -0.2) is 11.7 Å². The van der Waals surface area contributed by atoms with Gasteiger partial charge < -0.3 is 5.32 Å². The number of benzene rings is 1. The second-order valence-electron chi connectivity index (χ2n) is 5.30. The van der Waals surface area contributed by atoms with E-state index in [1.807, 2.05) is 26.0 Å². The molecule has 1 aromatic heterocycles. The summed E-state index contributed by atoms with van der Waals surface area (Å²) >= 11 is 13.3. The Morgan fingerprint density at radius 1 is 1.13 bits per heavy atom. The molecular formula is C17H17Cl2NO2S. The van der Waals surface area contributed by atoms with Crippen molar-refractivity contribution in [3.63, 3.8) is 0 Å². The minimum absolute atomic E-state index is 0.000408. The molecule has 1 amide bonds. The molecule has 0 radical (unpaired) electrons. The van der Waals surface area contributed by atoms with Gasteiger partial charge in [-0.15, -0.1) is 11.3 Å². The third-order valence-corrected chi connectivity index (χ3v) is 5.20. The Hall–Kier alpha value is -1.36. The lowest BCUT2D eigenvalue weighted by Crippen LogP contribution is -2.26. The molecule has 1 unspecified atom stereocenters. The van der Waals surface area contributed by atoms with Gasteiger partial charge in [0, 0.05) is 17.7 Å². The van der Waals surface area contributed by atoms with Crippen molar-refractivity contribution < 1.29 is 9.59 Å². The van der Waals surface area contributed by atoms with Crippen LogP contribution >= 0.6 is 34.5 Å². The van der Waals surface area contributed by atoms with Gasteiger partial charge in [0.25, 0.3) is 0 Å². The number of nitrogens with one attached hydrogen (secondary N) is 1. The quantitative estimate of drug-likeness (QED) is 0.710. The van der Waals surface area contributed by atoms with Crippen molar-refractivity contribution in [1.29, 1.82) is 0 Å². The highest BCUT2D eigenvalue weighted by molar-refractivity contribution is 7.14. The van der Waals surface area contributed by atoms with Gasteiger partial charge in [-0.2, -0.15) is 0 Å². The fourth-order valence-electron chi connectivity index (χ4n) is 2.11. The number of Topliss-reactive ketones (excluding diaryl/α,β-unsaturated/α-hetero) is 1. The van der Waals surface area contributed by atoms with E-state index < -0.39 is 0 Å².